The molecule has 0 spiro atoms. The van der Waals surface area contributed by atoms with E-state index in [-0.39, 0.29) is 25.7 Å². The fraction of sp³-hybridized carbons (Fsp3) is 0.955. The quantitative estimate of drug-likeness (QED) is 0.0222. The van der Waals surface area contributed by atoms with Crippen LogP contribution in [0.2, 0.25) is 0 Å². The van der Waals surface area contributed by atoms with Crippen molar-refractivity contribution >= 4 is 39.5 Å². The first-order valence-electron chi connectivity index (χ1n) is 45.2. The molecule has 0 heterocycles. The van der Waals surface area contributed by atoms with Crippen LogP contribution in [0.25, 0.3) is 0 Å². The molecule has 0 amide bonds. The fourth-order valence-electron chi connectivity index (χ4n) is 13.6. The average Bonchev–Trinajstić information content (AvgIpc) is 0.899. The Balaban J connectivity index is 5.18. The van der Waals surface area contributed by atoms with Gasteiger partial charge in [0.1, 0.15) is 19.3 Å². The normalized spacial score (nSPS) is 14.1. The van der Waals surface area contributed by atoms with Crippen molar-refractivity contribution in [1.82, 2.24) is 0 Å². The maximum absolute atomic E-state index is 13.1. The Kier molecular flexibility index (Phi) is 75.3. The standard InChI is InChI=1S/C88H172O17P2/c1-9-81(8)67-59-51-42-36-30-24-17-12-10-11-13-19-26-32-38-44-54-62-71-88(93)105-84(75-99-86(91)69-61-53-47-46-50-58-66-80(6)7)77-103-107(96,97)101-73-82(89)72-100-106(94,95)102-76-83(104-87(92)70-63-55-45-39-33-27-21-20-23-29-35-41-49-57-65-79(4)5)74-98-85(90)68-60-52-43-37-31-25-18-15-14-16-22-28-34-40-48-56-64-78(2)3/h78-84,89H,9-77H2,1-8H3,(H,94,95)(H,96,97)/t81?,82-,83-,84-/m1/s1. The van der Waals surface area contributed by atoms with E-state index in [1.54, 1.807) is 0 Å². The largest absolute Gasteiger partial charge is 0.472 e. The van der Waals surface area contributed by atoms with Gasteiger partial charge in [0.15, 0.2) is 12.2 Å². The predicted molar refractivity (Wildman–Crippen MR) is 441 cm³/mol. The zero-order chi connectivity index (χ0) is 78.8. The van der Waals surface area contributed by atoms with E-state index in [9.17, 15) is 43.2 Å². The molecule has 0 aliphatic rings. The number of ether oxygens (including phenoxy) is 4. The van der Waals surface area contributed by atoms with E-state index in [2.05, 4.69) is 55.4 Å². The summed E-state index contributed by atoms with van der Waals surface area (Å²) < 4.78 is 68.9. The van der Waals surface area contributed by atoms with E-state index in [1.807, 2.05) is 0 Å². The van der Waals surface area contributed by atoms with Gasteiger partial charge < -0.3 is 33.8 Å². The third-order valence-electron chi connectivity index (χ3n) is 20.9. The average molecular weight is 1560 g/mol. The van der Waals surface area contributed by atoms with Crippen LogP contribution in [-0.4, -0.2) is 96.7 Å². The minimum absolute atomic E-state index is 0.107. The Labute approximate surface area is 658 Å². The molecule has 0 fully saturated rings. The lowest BCUT2D eigenvalue weighted by Gasteiger charge is -2.21. The summed E-state index contributed by atoms with van der Waals surface area (Å²) in [4.78, 5) is 73.2. The number of esters is 4. The van der Waals surface area contributed by atoms with Gasteiger partial charge in [0.05, 0.1) is 26.4 Å². The second kappa shape index (κ2) is 76.7. The lowest BCUT2D eigenvalue weighted by atomic mass is 9.99. The van der Waals surface area contributed by atoms with E-state index in [4.69, 9.17) is 37.0 Å². The monoisotopic (exact) mass is 1560 g/mol. The van der Waals surface area contributed by atoms with E-state index in [1.165, 1.54) is 257 Å². The molecule has 0 radical (unpaired) electrons. The Morgan fingerprint density at radius 1 is 0.262 bits per heavy atom. The van der Waals surface area contributed by atoms with Crippen LogP contribution in [0.15, 0.2) is 0 Å². The molecule has 636 valence electrons. The van der Waals surface area contributed by atoms with Gasteiger partial charge in [0, 0.05) is 25.7 Å². The van der Waals surface area contributed by atoms with Gasteiger partial charge in [-0.2, -0.15) is 0 Å². The van der Waals surface area contributed by atoms with Crippen molar-refractivity contribution in [3.8, 4) is 0 Å². The molecule has 17 nitrogen and oxygen atoms in total. The highest BCUT2D eigenvalue weighted by atomic mass is 31.2. The van der Waals surface area contributed by atoms with Crippen molar-refractivity contribution in [2.45, 2.75) is 478 Å². The first-order chi connectivity index (χ1) is 51.6. The van der Waals surface area contributed by atoms with Crippen LogP contribution in [0.4, 0.5) is 0 Å². The summed E-state index contributed by atoms with van der Waals surface area (Å²) >= 11 is 0. The van der Waals surface area contributed by atoms with Gasteiger partial charge >= 0.3 is 39.5 Å². The van der Waals surface area contributed by atoms with E-state index >= 15 is 0 Å². The van der Waals surface area contributed by atoms with Gasteiger partial charge in [-0.3, -0.25) is 37.3 Å². The SMILES string of the molecule is CCC(C)CCCCCCCCCCCCCCCCCCCCC(=O)O[C@H](COC(=O)CCCCCCCCC(C)C)COP(=O)(O)OC[C@H](O)COP(=O)(O)OC[C@@H](COC(=O)CCCCCCCCCCCCCCCCCCC(C)C)OC(=O)CCCCCCCCCCCCCCCCC(C)C. The molecule has 107 heavy (non-hydrogen) atoms. The highest BCUT2D eigenvalue weighted by molar-refractivity contribution is 7.47. The lowest BCUT2D eigenvalue weighted by molar-refractivity contribution is -0.161. The number of aliphatic hydroxyl groups is 1. The highest BCUT2D eigenvalue weighted by Crippen LogP contribution is 2.45. The van der Waals surface area contributed by atoms with Gasteiger partial charge in [-0.1, -0.05) is 409 Å². The number of aliphatic hydroxyl groups excluding tert-OH is 1. The Bertz CT molecular complexity index is 2080. The van der Waals surface area contributed by atoms with Crippen LogP contribution < -0.4 is 0 Å². The summed E-state index contributed by atoms with van der Waals surface area (Å²) in [5, 5.41) is 10.7. The Morgan fingerprint density at radius 3 is 0.664 bits per heavy atom. The third-order valence-corrected chi connectivity index (χ3v) is 22.8. The van der Waals surface area contributed by atoms with E-state index < -0.39 is 97.5 Å². The van der Waals surface area contributed by atoms with Crippen molar-refractivity contribution < 1.29 is 80.2 Å². The number of unbranched alkanes of at least 4 members (excludes halogenated alkanes) is 50. The van der Waals surface area contributed by atoms with Crippen LogP contribution in [0.5, 0.6) is 0 Å². The molecule has 0 aliphatic carbocycles. The molecule has 3 unspecified atom stereocenters. The molecule has 0 aromatic heterocycles. The minimum atomic E-state index is -4.97. The molecule has 0 aromatic rings. The highest BCUT2D eigenvalue weighted by Gasteiger charge is 2.31. The molecular formula is C88H172O17P2. The minimum Gasteiger partial charge on any atom is -0.462 e. The number of hydrogen-bond donors (Lipinski definition) is 3. The summed E-state index contributed by atoms with van der Waals surface area (Å²) in [5.74, 6) is 1.05. The van der Waals surface area contributed by atoms with Crippen molar-refractivity contribution in [1.29, 1.82) is 0 Å². The predicted octanol–water partition coefficient (Wildman–Crippen LogP) is 26.7. The van der Waals surface area contributed by atoms with Crippen molar-refractivity contribution in [3.63, 3.8) is 0 Å². The van der Waals surface area contributed by atoms with E-state index in [0.29, 0.717) is 31.6 Å². The molecule has 0 bridgehead atoms. The smallest absolute Gasteiger partial charge is 0.462 e. The van der Waals surface area contributed by atoms with Gasteiger partial charge in [0.2, 0.25) is 0 Å². The van der Waals surface area contributed by atoms with Gasteiger partial charge in [-0.15, -0.1) is 0 Å². The third kappa shape index (κ3) is 80.5. The summed E-state index contributed by atoms with van der Waals surface area (Å²) in [7, 11) is -9.93. The number of hydrogen-bond acceptors (Lipinski definition) is 15. The van der Waals surface area contributed by atoms with Crippen molar-refractivity contribution in [2.24, 2.45) is 23.7 Å². The number of phosphoric acid groups is 2. The number of phosphoric ester groups is 2. The van der Waals surface area contributed by atoms with Crippen LogP contribution in [-0.2, 0) is 65.4 Å². The maximum atomic E-state index is 13.1. The molecule has 0 saturated carbocycles. The topological polar surface area (TPSA) is 237 Å². The fourth-order valence-corrected chi connectivity index (χ4v) is 15.2. The van der Waals surface area contributed by atoms with Gasteiger partial charge in [0.25, 0.3) is 0 Å². The van der Waals surface area contributed by atoms with Crippen molar-refractivity contribution in [3.05, 3.63) is 0 Å². The van der Waals surface area contributed by atoms with Crippen LogP contribution >= 0.6 is 15.6 Å². The molecular weight excluding hydrogens is 1390 g/mol. The zero-order valence-electron chi connectivity index (χ0n) is 70.8. The van der Waals surface area contributed by atoms with Crippen LogP contribution in [0.1, 0.15) is 460 Å². The second-order valence-electron chi connectivity index (χ2n) is 33.3. The molecule has 3 N–H and O–H groups in total. The number of carbonyl (C=O) groups is 4. The zero-order valence-corrected chi connectivity index (χ0v) is 72.6. The first-order valence-corrected chi connectivity index (χ1v) is 48.2. The van der Waals surface area contributed by atoms with Crippen LogP contribution in [0.3, 0.4) is 0 Å². The Hall–Kier alpha value is -1.94. The van der Waals surface area contributed by atoms with Gasteiger partial charge in [-0.25, -0.2) is 9.13 Å². The second-order valence-corrected chi connectivity index (χ2v) is 36.2. The summed E-state index contributed by atoms with van der Waals surface area (Å²) in [6, 6.07) is 0. The summed E-state index contributed by atoms with van der Waals surface area (Å²) in [6.45, 7) is 14.3. The van der Waals surface area contributed by atoms with Crippen LogP contribution in [0, 0.1) is 23.7 Å². The Morgan fingerprint density at radius 2 is 0.449 bits per heavy atom. The van der Waals surface area contributed by atoms with Gasteiger partial charge in [-0.05, 0) is 49.4 Å². The lowest BCUT2D eigenvalue weighted by Crippen LogP contribution is -2.30. The van der Waals surface area contributed by atoms with Crippen molar-refractivity contribution in [2.75, 3.05) is 39.6 Å². The molecule has 6 atom stereocenters. The summed E-state index contributed by atoms with van der Waals surface area (Å²) in [5.41, 5.74) is 0. The number of carbonyl (C=O) groups excluding carboxylic acids is 4. The molecule has 0 aliphatic heterocycles. The molecule has 0 rings (SSSR count). The first kappa shape index (κ1) is 105. The summed E-state index contributed by atoms with van der Waals surface area (Å²) in [6.07, 6.45) is 66.8. The number of rotatable bonds is 85. The van der Waals surface area contributed by atoms with E-state index in [0.717, 1.165) is 114 Å². The molecule has 0 saturated heterocycles. The maximum Gasteiger partial charge on any atom is 0.472 e. The molecule has 0 aromatic carbocycles. The molecule has 19 heteroatoms.